The lowest BCUT2D eigenvalue weighted by Gasteiger charge is -2.19. The monoisotopic (exact) mass is 588 g/mol. The van der Waals surface area contributed by atoms with E-state index in [1.165, 1.54) is 28.1 Å². The van der Waals surface area contributed by atoms with Crippen molar-refractivity contribution in [1.29, 1.82) is 0 Å². The molecule has 0 amide bonds. The number of aliphatic hydroxyl groups is 2. The van der Waals surface area contributed by atoms with Gasteiger partial charge in [0, 0.05) is 16.7 Å². The largest absolute Gasteiger partial charge is 0.491 e. The first-order valence-electron chi connectivity index (χ1n) is 11.7. The maximum absolute atomic E-state index is 9.61. The predicted octanol–water partition coefficient (Wildman–Crippen LogP) is 3.43. The summed E-state index contributed by atoms with van der Waals surface area (Å²) in [6.45, 7) is 4.38. The number of hydrogen-bond donors (Lipinski definition) is 3. The molecule has 1 aliphatic rings. The van der Waals surface area contributed by atoms with E-state index in [-0.39, 0.29) is 13.2 Å². The van der Waals surface area contributed by atoms with E-state index in [2.05, 4.69) is 70.8 Å². The molecule has 1 aliphatic heterocycles. The summed E-state index contributed by atoms with van der Waals surface area (Å²) in [4.78, 5) is 4.47. The molecule has 1 atom stereocenters. The lowest BCUT2D eigenvalue weighted by molar-refractivity contribution is -0.462. The SMILES string of the molecule is Cc1cc(OC[C@@H](O)CO)cc(CI)c1-c1cccc(COc2ccc(CCC3=N[NH2+]3)cn2)c1C. The zero-order valence-electron chi connectivity index (χ0n) is 20.0. The van der Waals surface area contributed by atoms with E-state index in [0.29, 0.717) is 18.2 Å². The average molecular weight is 588 g/mol. The molecule has 0 spiro atoms. The molecule has 0 aliphatic carbocycles. The molecule has 0 unspecified atom stereocenters. The lowest BCUT2D eigenvalue weighted by atomic mass is 9.90. The Hall–Kier alpha value is -2.53. The Morgan fingerprint density at radius 2 is 1.89 bits per heavy atom. The van der Waals surface area contributed by atoms with Gasteiger partial charge in [-0.2, -0.15) is 5.43 Å². The Balaban J connectivity index is 1.48. The fraction of sp³-hybridized carbons (Fsp3) is 0.333. The van der Waals surface area contributed by atoms with Gasteiger partial charge in [-0.05, 0) is 76.4 Å². The number of ether oxygens (including phenoxy) is 2. The van der Waals surface area contributed by atoms with Crippen molar-refractivity contribution in [2.24, 2.45) is 5.10 Å². The number of benzene rings is 2. The molecular formula is C27H31IN3O4+. The van der Waals surface area contributed by atoms with E-state index in [1.807, 2.05) is 29.8 Å². The van der Waals surface area contributed by atoms with Crippen LogP contribution in [0.5, 0.6) is 11.6 Å². The second-order valence-corrected chi connectivity index (χ2v) is 9.45. The van der Waals surface area contributed by atoms with E-state index in [9.17, 15) is 5.11 Å². The summed E-state index contributed by atoms with van der Waals surface area (Å²) >= 11 is 2.36. The first-order valence-corrected chi connectivity index (χ1v) is 13.2. The average Bonchev–Trinajstić information content (AvgIpc) is 3.70. The van der Waals surface area contributed by atoms with Gasteiger partial charge in [-0.1, -0.05) is 46.9 Å². The third-order valence-electron chi connectivity index (χ3n) is 6.06. The molecule has 7 nitrogen and oxygen atoms in total. The van der Waals surface area contributed by atoms with Crippen molar-refractivity contribution in [2.75, 3.05) is 13.2 Å². The van der Waals surface area contributed by atoms with Gasteiger partial charge < -0.3 is 19.7 Å². The van der Waals surface area contributed by atoms with Crippen LogP contribution >= 0.6 is 22.6 Å². The number of aryl methyl sites for hydroxylation is 2. The van der Waals surface area contributed by atoms with Crippen LogP contribution in [0.15, 0.2) is 53.8 Å². The molecular weight excluding hydrogens is 557 g/mol. The molecule has 35 heavy (non-hydrogen) atoms. The number of amidine groups is 1. The maximum atomic E-state index is 9.61. The molecule has 2 aromatic carbocycles. The summed E-state index contributed by atoms with van der Waals surface area (Å²) in [6, 6.07) is 14.3. The second kappa shape index (κ2) is 11.9. The number of rotatable bonds is 12. The van der Waals surface area contributed by atoms with Crippen LogP contribution in [0.3, 0.4) is 0 Å². The minimum absolute atomic E-state index is 0.0603. The molecule has 4 N–H and O–H groups in total. The number of pyridine rings is 1. The van der Waals surface area contributed by atoms with E-state index < -0.39 is 6.10 Å². The third kappa shape index (κ3) is 6.78. The van der Waals surface area contributed by atoms with Gasteiger partial charge in [0.25, 0.3) is 5.84 Å². The number of halogens is 1. The van der Waals surface area contributed by atoms with Gasteiger partial charge in [-0.25, -0.2) is 4.98 Å². The molecule has 0 fully saturated rings. The highest BCUT2D eigenvalue weighted by Crippen LogP contribution is 2.36. The molecule has 4 rings (SSSR count). The first kappa shape index (κ1) is 25.6. The van der Waals surface area contributed by atoms with Gasteiger partial charge in [0.2, 0.25) is 5.88 Å². The van der Waals surface area contributed by atoms with Crippen molar-refractivity contribution in [3.8, 4) is 22.8 Å². The van der Waals surface area contributed by atoms with Crippen LogP contribution in [0.1, 0.15) is 34.2 Å². The van der Waals surface area contributed by atoms with E-state index >= 15 is 0 Å². The summed E-state index contributed by atoms with van der Waals surface area (Å²) in [5.74, 6) is 2.48. The summed E-state index contributed by atoms with van der Waals surface area (Å²) in [5, 5.41) is 22.7. The summed E-state index contributed by atoms with van der Waals surface area (Å²) < 4.78 is 12.5. The molecule has 184 valence electrons. The van der Waals surface area contributed by atoms with Crippen LogP contribution in [-0.2, 0) is 17.5 Å². The Morgan fingerprint density at radius 1 is 1.06 bits per heavy atom. The highest BCUT2D eigenvalue weighted by atomic mass is 127. The van der Waals surface area contributed by atoms with Gasteiger partial charge >= 0.3 is 0 Å². The molecule has 8 heteroatoms. The van der Waals surface area contributed by atoms with Crippen molar-refractivity contribution in [1.82, 2.24) is 4.98 Å². The fourth-order valence-electron chi connectivity index (χ4n) is 4.00. The first-order chi connectivity index (χ1) is 17.0. The highest BCUT2D eigenvalue weighted by molar-refractivity contribution is 14.1. The molecule has 3 aromatic rings. The number of hydrogen-bond acceptors (Lipinski definition) is 6. The Kier molecular flexibility index (Phi) is 8.72. The molecule has 0 radical (unpaired) electrons. The Morgan fingerprint density at radius 3 is 2.57 bits per heavy atom. The zero-order chi connectivity index (χ0) is 24.8. The minimum Gasteiger partial charge on any atom is -0.491 e. The number of aliphatic hydroxyl groups excluding tert-OH is 2. The number of alkyl halides is 1. The van der Waals surface area contributed by atoms with Gasteiger partial charge in [0.15, 0.2) is 0 Å². The number of quaternary nitrogens is 1. The van der Waals surface area contributed by atoms with Crippen molar-refractivity contribution < 1.29 is 25.1 Å². The van der Waals surface area contributed by atoms with Gasteiger partial charge in [-0.15, -0.1) is 0 Å². The van der Waals surface area contributed by atoms with Crippen molar-refractivity contribution in [2.45, 2.75) is 43.8 Å². The van der Waals surface area contributed by atoms with Crippen LogP contribution in [0.2, 0.25) is 0 Å². The quantitative estimate of drug-likeness (QED) is 0.171. The van der Waals surface area contributed by atoms with Crippen LogP contribution < -0.4 is 14.9 Å². The lowest BCUT2D eigenvalue weighted by Crippen LogP contribution is -2.63. The Labute approximate surface area is 219 Å². The minimum atomic E-state index is -0.890. The zero-order valence-corrected chi connectivity index (χ0v) is 22.2. The smallest absolute Gasteiger partial charge is 0.276 e. The highest BCUT2D eigenvalue weighted by Gasteiger charge is 2.17. The molecule has 0 bridgehead atoms. The van der Waals surface area contributed by atoms with E-state index in [4.69, 9.17) is 14.6 Å². The third-order valence-corrected chi connectivity index (χ3v) is 6.88. The van der Waals surface area contributed by atoms with Crippen molar-refractivity contribution >= 4 is 28.4 Å². The molecule has 0 saturated carbocycles. The molecule has 0 saturated heterocycles. The van der Waals surface area contributed by atoms with E-state index in [1.54, 1.807) is 0 Å². The van der Waals surface area contributed by atoms with Crippen LogP contribution in [0.25, 0.3) is 11.1 Å². The number of nitrogens with zero attached hydrogens (tertiary/aromatic N) is 2. The second-order valence-electron chi connectivity index (χ2n) is 8.69. The number of aromatic nitrogens is 1. The normalized spacial score (nSPS) is 13.3. The Bertz CT molecular complexity index is 1200. The van der Waals surface area contributed by atoms with Gasteiger partial charge in [0.05, 0.1) is 13.0 Å². The van der Waals surface area contributed by atoms with Crippen LogP contribution in [-0.4, -0.2) is 40.4 Å². The maximum Gasteiger partial charge on any atom is 0.276 e. The van der Waals surface area contributed by atoms with Crippen molar-refractivity contribution in [3.63, 3.8) is 0 Å². The topological polar surface area (TPSA) is 101 Å². The molecule has 1 aromatic heterocycles. The standard InChI is InChI=1S/C27H30IN3O4/c1-17-10-23(34-16-22(33)14-32)11-21(12-28)27(17)24-5-3-4-20(18(24)2)15-35-26-9-7-19(13-29-26)6-8-25-30-31-25/h3-5,7,9-11,13,22,32-33H,6,8,12,14-16H2,1-2H3,(H,30,31)/p+1/t22-/m0/s1. The fourth-order valence-corrected chi connectivity index (χ4v) is 4.60. The van der Waals surface area contributed by atoms with Crippen LogP contribution in [0, 0.1) is 13.8 Å². The molecule has 2 heterocycles. The summed E-state index contributed by atoms with van der Waals surface area (Å²) in [6.07, 6.45) is 2.89. The summed E-state index contributed by atoms with van der Waals surface area (Å²) in [7, 11) is 0. The van der Waals surface area contributed by atoms with Gasteiger partial charge in [-0.3, -0.25) is 0 Å². The summed E-state index contributed by atoms with van der Waals surface area (Å²) in [5.41, 5.74) is 9.98. The van der Waals surface area contributed by atoms with E-state index in [0.717, 1.165) is 34.0 Å². The number of nitrogens with two attached hydrogens (primary N) is 1. The van der Waals surface area contributed by atoms with Crippen molar-refractivity contribution in [3.05, 3.63) is 76.5 Å². The van der Waals surface area contributed by atoms with Crippen LogP contribution in [0.4, 0.5) is 0 Å². The predicted molar refractivity (Wildman–Crippen MR) is 144 cm³/mol. The van der Waals surface area contributed by atoms with Gasteiger partial charge in [0.1, 0.15) is 25.1 Å².